The molecule has 2 aromatic rings. The number of hydrazone groups is 1. The third-order valence-electron chi connectivity index (χ3n) is 6.41. The minimum Gasteiger partial charge on any atom is -0.268 e. The maximum Gasteiger partial charge on any atom is 0.287 e. The average Bonchev–Trinajstić information content (AvgIpc) is 3.33. The van der Waals surface area contributed by atoms with Crippen LogP contribution in [0.25, 0.3) is 0 Å². The van der Waals surface area contributed by atoms with Crippen molar-refractivity contribution in [1.82, 2.24) is 5.01 Å². The van der Waals surface area contributed by atoms with Crippen molar-refractivity contribution in [3.63, 3.8) is 0 Å². The Bertz CT molecular complexity index is 801. The van der Waals surface area contributed by atoms with E-state index in [1.165, 1.54) is 30.4 Å². The molecule has 2 aromatic carbocycles. The number of hydrazine groups is 1. The quantitative estimate of drug-likeness (QED) is 0.774. The lowest BCUT2D eigenvalue weighted by Crippen LogP contribution is -2.40. The summed E-state index contributed by atoms with van der Waals surface area (Å²) in [6.45, 7) is 0. The number of carbonyl (C=O) groups excluding carboxylic acids is 1. The predicted octanol–water partition coefficient (Wildman–Crippen LogP) is 3.34. The number of amides is 1. The molecule has 25 heavy (non-hydrogen) atoms. The Kier molecular flexibility index (Phi) is 3.30. The van der Waals surface area contributed by atoms with Crippen LogP contribution < -0.4 is 0 Å². The second-order valence-corrected chi connectivity index (χ2v) is 7.64. The Morgan fingerprint density at radius 2 is 1.48 bits per heavy atom. The zero-order chi connectivity index (χ0) is 17.0. The van der Waals surface area contributed by atoms with Gasteiger partial charge in [0, 0.05) is 17.0 Å². The van der Waals surface area contributed by atoms with Crippen LogP contribution in [-0.2, 0) is 4.79 Å². The lowest BCUT2D eigenvalue weighted by atomic mass is 9.85. The van der Waals surface area contributed by atoms with Crippen LogP contribution in [0.3, 0.4) is 0 Å². The number of nitrogens with zero attached hydrogens (tertiary/aromatic N) is 2. The van der Waals surface area contributed by atoms with Crippen LogP contribution in [0.1, 0.15) is 30.4 Å². The van der Waals surface area contributed by atoms with Crippen LogP contribution in [0.2, 0.25) is 0 Å². The first-order valence-electron chi connectivity index (χ1n) is 9.30. The van der Waals surface area contributed by atoms with E-state index in [0.29, 0.717) is 23.8 Å². The van der Waals surface area contributed by atoms with Gasteiger partial charge in [-0.2, -0.15) is 0 Å². The van der Waals surface area contributed by atoms with E-state index in [1.54, 1.807) is 0 Å². The molecule has 0 N–H and O–H groups in total. The summed E-state index contributed by atoms with van der Waals surface area (Å²) in [5, 5.41) is 1.90. The number of rotatable bonds is 2. The van der Waals surface area contributed by atoms with E-state index in [2.05, 4.69) is 53.2 Å². The second kappa shape index (κ2) is 5.55. The van der Waals surface area contributed by atoms with E-state index >= 15 is 0 Å². The summed E-state index contributed by atoms with van der Waals surface area (Å²) < 4.78 is 2.32. The topological polar surface area (TPSA) is 23.3 Å². The lowest BCUT2D eigenvalue weighted by Gasteiger charge is -2.19. The van der Waals surface area contributed by atoms with E-state index in [-0.39, 0.29) is 5.92 Å². The Morgan fingerprint density at radius 3 is 2.08 bits per heavy atom. The van der Waals surface area contributed by atoms with Crippen LogP contribution in [0.4, 0.5) is 0 Å². The lowest BCUT2D eigenvalue weighted by molar-refractivity contribution is -0.683. The molecule has 2 saturated carbocycles. The molecule has 0 aromatic heterocycles. The number of benzene rings is 2. The first-order chi connectivity index (χ1) is 12.3. The number of hydrogen-bond acceptors (Lipinski definition) is 1. The molecule has 1 saturated heterocycles. The molecule has 2 bridgehead atoms. The maximum atomic E-state index is 13.0. The zero-order valence-electron chi connectivity index (χ0n) is 14.5. The van der Waals surface area contributed by atoms with Gasteiger partial charge in [0.2, 0.25) is 5.71 Å². The van der Waals surface area contributed by atoms with Gasteiger partial charge in [0.1, 0.15) is 5.92 Å². The van der Waals surface area contributed by atoms with E-state index in [0.717, 1.165) is 5.71 Å². The summed E-state index contributed by atoms with van der Waals surface area (Å²) in [5.41, 5.74) is 3.52. The van der Waals surface area contributed by atoms with Crippen molar-refractivity contribution in [2.45, 2.75) is 25.3 Å². The highest BCUT2D eigenvalue weighted by molar-refractivity contribution is 6.10. The molecule has 0 spiro atoms. The van der Waals surface area contributed by atoms with Crippen LogP contribution in [0.5, 0.6) is 0 Å². The van der Waals surface area contributed by atoms with Crippen LogP contribution in [-0.4, -0.2) is 34.4 Å². The summed E-state index contributed by atoms with van der Waals surface area (Å²) >= 11 is 0. The first-order valence-corrected chi connectivity index (χ1v) is 9.30. The third kappa shape index (κ3) is 2.11. The van der Waals surface area contributed by atoms with Gasteiger partial charge in [-0.05, 0) is 49.4 Å². The van der Waals surface area contributed by atoms with Crippen molar-refractivity contribution in [3.8, 4) is 0 Å². The zero-order valence-corrected chi connectivity index (χ0v) is 14.5. The molecule has 3 heteroatoms. The molecule has 1 amide bonds. The van der Waals surface area contributed by atoms with E-state index < -0.39 is 0 Å². The van der Waals surface area contributed by atoms with Crippen molar-refractivity contribution >= 4 is 11.6 Å². The highest BCUT2D eigenvalue weighted by Crippen LogP contribution is 2.53. The van der Waals surface area contributed by atoms with Crippen molar-refractivity contribution in [2.75, 3.05) is 7.05 Å². The van der Waals surface area contributed by atoms with E-state index in [9.17, 15) is 4.79 Å². The van der Waals surface area contributed by atoms with Gasteiger partial charge in [-0.3, -0.25) is 4.79 Å². The van der Waals surface area contributed by atoms with Gasteiger partial charge in [-0.25, -0.2) is 0 Å². The summed E-state index contributed by atoms with van der Waals surface area (Å²) in [7, 11) is 1.95. The molecule has 5 rings (SSSR count). The van der Waals surface area contributed by atoms with E-state index in [4.69, 9.17) is 0 Å². The Hall–Kier alpha value is -2.42. The van der Waals surface area contributed by atoms with Gasteiger partial charge in [0.25, 0.3) is 5.91 Å². The molecular weight excluding hydrogens is 308 g/mol. The predicted molar refractivity (Wildman–Crippen MR) is 97.2 cm³/mol. The summed E-state index contributed by atoms with van der Waals surface area (Å²) in [4.78, 5) is 13.0. The molecule has 126 valence electrons. The molecule has 3 aliphatic rings. The molecule has 1 heterocycles. The molecule has 3 fully saturated rings. The van der Waals surface area contributed by atoms with Gasteiger partial charge in [-0.1, -0.05) is 36.4 Å². The van der Waals surface area contributed by atoms with Gasteiger partial charge in [0.05, 0.1) is 7.05 Å². The minimum atomic E-state index is 0.186. The minimum absolute atomic E-state index is 0.186. The number of fused-ring (bicyclic) bond motifs is 5. The molecule has 4 atom stereocenters. The molecule has 1 aliphatic heterocycles. The first kappa shape index (κ1) is 14.9. The molecular formula is C22H23N2O+. The monoisotopic (exact) mass is 331 g/mol. The van der Waals surface area contributed by atoms with Gasteiger partial charge < -0.3 is 0 Å². The van der Waals surface area contributed by atoms with Gasteiger partial charge >= 0.3 is 0 Å². The standard InChI is InChI=1S/C22H23N2O/c1-23-22(25)19-17-12-13-18(14-17)21(19)24(23)20(15-8-4-2-5-9-15)16-10-6-3-7-11-16/h2-11,17-19,21H,12-14H2,1H3/q+1/t17-,18+,19?,21-/m1/s1. The Labute approximate surface area is 148 Å². The fourth-order valence-electron chi connectivity index (χ4n) is 5.40. The summed E-state index contributed by atoms with van der Waals surface area (Å²) in [5.74, 6) is 1.72. The largest absolute Gasteiger partial charge is 0.287 e. The maximum absolute atomic E-state index is 13.0. The van der Waals surface area contributed by atoms with Crippen molar-refractivity contribution in [3.05, 3.63) is 71.8 Å². The van der Waals surface area contributed by atoms with Crippen molar-refractivity contribution in [1.29, 1.82) is 0 Å². The third-order valence-corrected chi connectivity index (χ3v) is 6.41. The summed E-state index contributed by atoms with van der Waals surface area (Å²) in [6, 6.07) is 21.3. The van der Waals surface area contributed by atoms with Gasteiger partial charge in [-0.15, -0.1) is 9.69 Å². The molecule has 0 radical (unpaired) electrons. The highest BCUT2D eigenvalue weighted by atomic mass is 16.2. The average molecular weight is 331 g/mol. The van der Waals surface area contributed by atoms with Crippen LogP contribution in [0, 0.1) is 17.8 Å². The molecule has 2 aliphatic carbocycles. The fraction of sp³-hybridized carbons (Fsp3) is 0.364. The van der Waals surface area contributed by atoms with Crippen molar-refractivity contribution < 1.29 is 9.48 Å². The molecule has 1 unspecified atom stereocenters. The van der Waals surface area contributed by atoms with Crippen LogP contribution >= 0.6 is 0 Å². The van der Waals surface area contributed by atoms with Crippen LogP contribution in [0.15, 0.2) is 60.7 Å². The number of hydrogen-bond donors (Lipinski definition) is 0. The molecule has 3 nitrogen and oxygen atoms in total. The SMILES string of the molecule is CN1C(=O)C2[C@@H]3CC[C@@H](C3)[C@H]2[N+]1=C(c1ccccc1)c1ccccc1. The normalized spacial score (nSPS) is 30.0. The summed E-state index contributed by atoms with van der Waals surface area (Å²) in [6.07, 6.45) is 3.72. The van der Waals surface area contributed by atoms with Gasteiger partial charge in [0.15, 0.2) is 6.04 Å². The Balaban J connectivity index is 1.76. The Morgan fingerprint density at radius 1 is 0.920 bits per heavy atom. The number of carbonyl (C=O) groups is 1. The van der Waals surface area contributed by atoms with Crippen molar-refractivity contribution in [2.24, 2.45) is 17.8 Å². The second-order valence-electron chi connectivity index (χ2n) is 7.64. The van der Waals surface area contributed by atoms with E-state index in [1.807, 2.05) is 24.2 Å². The smallest absolute Gasteiger partial charge is 0.268 e. The highest BCUT2D eigenvalue weighted by Gasteiger charge is 2.64. The fourth-order valence-corrected chi connectivity index (χ4v) is 5.40.